The lowest BCUT2D eigenvalue weighted by Crippen LogP contribution is -3.18. The lowest BCUT2D eigenvalue weighted by atomic mass is 9.86. The molecule has 1 saturated carbocycles. The molecule has 2 saturated heterocycles. The van der Waals surface area contributed by atoms with Crippen molar-refractivity contribution in [1.82, 2.24) is 4.90 Å². The average molecular weight is 358 g/mol. The Kier molecular flexibility index (Phi) is 5.07. The summed E-state index contributed by atoms with van der Waals surface area (Å²) in [6.07, 6.45) is 7.78. The Balaban J connectivity index is 1.58. The first-order valence-electron chi connectivity index (χ1n) is 8.81. The number of rotatable bonds is 3. The number of piperidine rings is 1. The molecule has 3 nitrogen and oxygen atoms in total. The highest BCUT2D eigenvalue weighted by Gasteiger charge is 2.44. The van der Waals surface area contributed by atoms with Gasteiger partial charge >= 0.3 is 0 Å². The molecule has 4 heteroatoms. The summed E-state index contributed by atoms with van der Waals surface area (Å²) in [4.78, 5) is 17.6. The number of fused-ring (bicyclic) bond motifs is 1. The van der Waals surface area contributed by atoms with E-state index in [1.54, 1.807) is 4.90 Å². The zero-order chi connectivity index (χ0) is 15.0. The Morgan fingerprint density at radius 3 is 2.52 bits per heavy atom. The second kappa shape index (κ2) is 6.67. The smallest absolute Gasteiger partial charge is 0.189 e. The zero-order valence-electron chi connectivity index (χ0n) is 13.5. The standard InChI is InChI=1S/C17H29BrN2O/c1-12-3-8-17-19(9-12)10-13(2)20(17)11-16(21)14-4-6-15(18)7-5-14/h12-15,17H,3-11H2,1-2H3/p+1. The van der Waals surface area contributed by atoms with Crippen molar-refractivity contribution in [2.75, 3.05) is 19.6 Å². The predicted molar refractivity (Wildman–Crippen MR) is 88.7 cm³/mol. The summed E-state index contributed by atoms with van der Waals surface area (Å²) < 4.78 is 0. The monoisotopic (exact) mass is 357 g/mol. The molecule has 0 amide bonds. The van der Waals surface area contributed by atoms with E-state index in [1.165, 1.54) is 38.8 Å². The van der Waals surface area contributed by atoms with Gasteiger partial charge in [-0.05, 0) is 44.9 Å². The molecule has 3 fully saturated rings. The Morgan fingerprint density at radius 2 is 1.81 bits per heavy atom. The first-order chi connectivity index (χ1) is 10.0. The Labute approximate surface area is 137 Å². The third-order valence-corrected chi connectivity index (χ3v) is 6.90. The molecule has 0 bridgehead atoms. The summed E-state index contributed by atoms with van der Waals surface area (Å²) in [7, 11) is 0. The number of ketones is 1. The van der Waals surface area contributed by atoms with Gasteiger partial charge in [-0.1, -0.05) is 22.9 Å². The van der Waals surface area contributed by atoms with Crippen LogP contribution in [-0.2, 0) is 4.79 Å². The number of hydrogen-bond donors (Lipinski definition) is 1. The fraction of sp³-hybridized carbons (Fsp3) is 0.941. The highest BCUT2D eigenvalue weighted by molar-refractivity contribution is 9.09. The number of carbonyl (C=O) groups excluding carboxylic acids is 1. The average Bonchev–Trinajstić information content (AvgIpc) is 2.75. The molecule has 0 radical (unpaired) electrons. The fourth-order valence-electron chi connectivity index (χ4n) is 4.68. The van der Waals surface area contributed by atoms with E-state index in [4.69, 9.17) is 0 Å². The molecule has 4 atom stereocenters. The van der Waals surface area contributed by atoms with Crippen molar-refractivity contribution in [1.29, 1.82) is 0 Å². The van der Waals surface area contributed by atoms with Crippen LogP contribution in [0.25, 0.3) is 0 Å². The fourth-order valence-corrected chi connectivity index (χ4v) is 5.20. The van der Waals surface area contributed by atoms with Gasteiger partial charge in [0.1, 0.15) is 12.7 Å². The van der Waals surface area contributed by atoms with Gasteiger partial charge in [-0.25, -0.2) is 4.90 Å². The van der Waals surface area contributed by atoms with Crippen LogP contribution in [0.2, 0.25) is 0 Å². The zero-order valence-corrected chi connectivity index (χ0v) is 15.1. The van der Waals surface area contributed by atoms with Gasteiger partial charge in [-0.2, -0.15) is 0 Å². The predicted octanol–water partition coefficient (Wildman–Crippen LogP) is 1.85. The van der Waals surface area contributed by atoms with Crippen LogP contribution in [0.15, 0.2) is 0 Å². The van der Waals surface area contributed by atoms with Gasteiger partial charge in [0, 0.05) is 23.7 Å². The normalized spacial score (nSPS) is 44.5. The molecule has 0 spiro atoms. The van der Waals surface area contributed by atoms with Crippen molar-refractivity contribution in [2.24, 2.45) is 11.8 Å². The van der Waals surface area contributed by atoms with E-state index in [9.17, 15) is 4.79 Å². The van der Waals surface area contributed by atoms with E-state index >= 15 is 0 Å². The number of alkyl halides is 1. The lowest BCUT2D eigenvalue weighted by Gasteiger charge is -2.35. The Bertz CT molecular complexity index is 381. The van der Waals surface area contributed by atoms with Gasteiger partial charge in [0.2, 0.25) is 0 Å². The summed E-state index contributed by atoms with van der Waals surface area (Å²) in [6, 6.07) is 0.622. The molecule has 21 heavy (non-hydrogen) atoms. The van der Waals surface area contributed by atoms with Crippen molar-refractivity contribution >= 4 is 21.7 Å². The lowest BCUT2D eigenvalue weighted by molar-refractivity contribution is -0.932. The van der Waals surface area contributed by atoms with Gasteiger partial charge in [0.25, 0.3) is 0 Å². The van der Waals surface area contributed by atoms with Crippen molar-refractivity contribution in [3.05, 3.63) is 0 Å². The van der Waals surface area contributed by atoms with Crippen molar-refractivity contribution in [3.63, 3.8) is 0 Å². The SMILES string of the molecule is CC1CCC2N(C1)CC(C)[NH+]2CC(=O)C1CCC(Br)CC1. The summed E-state index contributed by atoms with van der Waals surface area (Å²) >= 11 is 3.69. The summed E-state index contributed by atoms with van der Waals surface area (Å²) in [5.74, 6) is 1.71. The number of nitrogens with one attached hydrogen (secondary N) is 1. The molecule has 0 aromatic heterocycles. The Morgan fingerprint density at radius 1 is 1.10 bits per heavy atom. The van der Waals surface area contributed by atoms with Crippen molar-refractivity contribution in [3.8, 4) is 0 Å². The van der Waals surface area contributed by atoms with Crippen LogP contribution in [0.3, 0.4) is 0 Å². The maximum absolute atomic E-state index is 12.7. The van der Waals surface area contributed by atoms with Gasteiger partial charge in [0.15, 0.2) is 5.78 Å². The van der Waals surface area contributed by atoms with Crippen LogP contribution in [0, 0.1) is 11.8 Å². The van der Waals surface area contributed by atoms with E-state index in [0.29, 0.717) is 28.7 Å². The molecule has 0 aromatic rings. The summed E-state index contributed by atoms with van der Waals surface area (Å²) in [5, 5.41) is 0. The second-order valence-corrected chi connectivity index (χ2v) is 9.02. The highest BCUT2D eigenvalue weighted by Crippen LogP contribution is 2.29. The summed E-state index contributed by atoms with van der Waals surface area (Å²) in [6.45, 7) is 7.89. The molecule has 1 N–H and O–H groups in total. The van der Waals surface area contributed by atoms with Crippen LogP contribution in [0.1, 0.15) is 52.4 Å². The molecule has 120 valence electrons. The first-order valence-corrected chi connectivity index (χ1v) is 9.72. The van der Waals surface area contributed by atoms with Gasteiger partial charge < -0.3 is 4.90 Å². The van der Waals surface area contributed by atoms with Crippen LogP contribution >= 0.6 is 15.9 Å². The molecule has 3 rings (SSSR count). The summed E-state index contributed by atoms with van der Waals surface area (Å²) in [5.41, 5.74) is 0. The van der Waals surface area contributed by atoms with Crippen LogP contribution < -0.4 is 4.90 Å². The van der Waals surface area contributed by atoms with E-state index in [1.807, 2.05) is 0 Å². The van der Waals surface area contributed by atoms with Gasteiger partial charge in [-0.3, -0.25) is 4.79 Å². The second-order valence-electron chi connectivity index (χ2n) is 7.72. The topological polar surface area (TPSA) is 24.8 Å². The molecule has 0 aromatic carbocycles. The number of hydrogen-bond acceptors (Lipinski definition) is 2. The van der Waals surface area contributed by atoms with E-state index in [2.05, 4.69) is 34.7 Å². The molecule has 1 aliphatic carbocycles. The van der Waals surface area contributed by atoms with Gasteiger partial charge in [-0.15, -0.1) is 0 Å². The number of quaternary nitrogens is 1. The Hall–Kier alpha value is 0.0700. The minimum absolute atomic E-state index is 0.343. The van der Waals surface area contributed by atoms with Crippen molar-refractivity contribution in [2.45, 2.75) is 69.4 Å². The molecular weight excluding hydrogens is 328 g/mol. The van der Waals surface area contributed by atoms with Crippen LogP contribution in [-0.4, -0.2) is 47.4 Å². The minimum atomic E-state index is 0.343. The van der Waals surface area contributed by atoms with E-state index < -0.39 is 0 Å². The highest BCUT2D eigenvalue weighted by atomic mass is 79.9. The maximum Gasteiger partial charge on any atom is 0.189 e. The maximum atomic E-state index is 12.7. The quantitative estimate of drug-likeness (QED) is 0.779. The molecule has 2 heterocycles. The third-order valence-electron chi connectivity index (χ3n) is 5.98. The van der Waals surface area contributed by atoms with Crippen LogP contribution in [0.4, 0.5) is 0 Å². The number of Topliss-reactive ketones (excluding diaryl/α,β-unsaturated/α-hetero) is 1. The molecular formula is C17H30BrN2O+. The van der Waals surface area contributed by atoms with E-state index in [0.717, 1.165) is 25.3 Å². The number of nitrogens with zero attached hydrogens (tertiary/aromatic N) is 1. The third kappa shape index (κ3) is 3.53. The van der Waals surface area contributed by atoms with E-state index in [-0.39, 0.29) is 0 Å². The minimum Gasteiger partial charge on any atom is -0.310 e. The number of halogens is 1. The first kappa shape index (κ1) is 15.9. The molecule has 3 aliphatic rings. The molecule has 4 unspecified atom stereocenters. The largest absolute Gasteiger partial charge is 0.310 e. The number of carbonyl (C=O) groups is 1. The molecule has 2 aliphatic heterocycles. The van der Waals surface area contributed by atoms with Gasteiger partial charge in [0.05, 0.1) is 12.6 Å². The van der Waals surface area contributed by atoms with Crippen LogP contribution in [0.5, 0.6) is 0 Å². The van der Waals surface area contributed by atoms with Crippen molar-refractivity contribution < 1.29 is 9.69 Å².